The molecular formula is C13H18ClN5. The molecule has 0 radical (unpaired) electrons. The van der Waals surface area contributed by atoms with Crippen molar-refractivity contribution >= 4 is 28.6 Å². The highest BCUT2D eigenvalue weighted by atomic mass is 35.5. The molecule has 0 bridgehead atoms. The number of aromatic nitrogens is 4. The number of anilines is 1. The lowest BCUT2D eigenvalue weighted by atomic mass is 9.76. The normalized spacial score (nSPS) is 18.6. The maximum atomic E-state index is 5.92. The standard InChI is InChI=1S/C13H18ClN5/c1-13(5-3-2-4-6-13)7-15-10-9-11(17-8-16-9)19-12(14)18-10/h8H,2-7H2,1H3,(H2,15,16,17,18,19). The van der Waals surface area contributed by atoms with Crippen LogP contribution in [0.3, 0.4) is 0 Å². The molecule has 2 aromatic rings. The van der Waals surface area contributed by atoms with Crippen LogP contribution in [-0.4, -0.2) is 26.5 Å². The summed E-state index contributed by atoms with van der Waals surface area (Å²) in [5.74, 6) is 0.749. The molecule has 0 atom stereocenters. The molecule has 1 saturated carbocycles. The first-order valence-electron chi connectivity index (χ1n) is 6.77. The summed E-state index contributed by atoms with van der Waals surface area (Å²) >= 11 is 5.92. The van der Waals surface area contributed by atoms with Crippen molar-refractivity contribution in [3.05, 3.63) is 11.6 Å². The van der Waals surface area contributed by atoms with Crippen LogP contribution in [0.15, 0.2) is 6.33 Å². The molecule has 2 N–H and O–H groups in total. The van der Waals surface area contributed by atoms with E-state index in [1.165, 1.54) is 32.1 Å². The van der Waals surface area contributed by atoms with Crippen LogP contribution < -0.4 is 5.32 Å². The minimum atomic E-state index is 0.232. The summed E-state index contributed by atoms with van der Waals surface area (Å²) in [5, 5.41) is 3.65. The SMILES string of the molecule is CC1(CNc2nc(Cl)nc3nc[nH]c23)CCCCC1. The van der Waals surface area contributed by atoms with Gasteiger partial charge >= 0.3 is 0 Å². The summed E-state index contributed by atoms with van der Waals surface area (Å²) < 4.78 is 0. The Bertz CT molecular complexity index is 573. The average Bonchev–Trinajstić information content (AvgIpc) is 2.85. The molecule has 0 amide bonds. The van der Waals surface area contributed by atoms with Gasteiger partial charge in [0.15, 0.2) is 11.5 Å². The average molecular weight is 280 g/mol. The molecule has 3 rings (SSSR count). The van der Waals surface area contributed by atoms with Crippen LogP contribution in [0.4, 0.5) is 5.82 Å². The highest BCUT2D eigenvalue weighted by Crippen LogP contribution is 2.36. The summed E-state index contributed by atoms with van der Waals surface area (Å²) in [6.45, 7) is 3.25. The Hall–Kier alpha value is -1.36. The van der Waals surface area contributed by atoms with E-state index in [1.807, 2.05) is 0 Å². The molecule has 19 heavy (non-hydrogen) atoms. The second kappa shape index (κ2) is 4.96. The van der Waals surface area contributed by atoms with Crippen molar-refractivity contribution in [1.29, 1.82) is 0 Å². The fraction of sp³-hybridized carbons (Fsp3) is 0.615. The number of imidazole rings is 1. The Morgan fingerprint density at radius 3 is 2.89 bits per heavy atom. The van der Waals surface area contributed by atoms with E-state index >= 15 is 0 Å². The number of nitrogens with zero attached hydrogens (tertiary/aromatic N) is 3. The Labute approximate surface area is 117 Å². The number of hydrogen-bond acceptors (Lipinski definition) is 4. The number of hydrogen-bond donors (Lipinski definition) is 2. The first-order chi connectivity index (χ1) is 9.16. The minimum Gasteiger partial charge on any atom is -0.368 e. The van der Waals surface area contributed by atoms with Crippen molar-refractivity contribution in [2.45, 2.75) is 39.0 Å². The fourth-order valence-electron chi connectivity index (χ4n) is 2.81. The van der Waals surface area contributed by atoms with Gasteiger partial charge in [-0.05, 0) is 29.9 Å². The van der Waals surface area contributed by atoms with Crippen molar-refractivity contribution in [3.63, 3.8) is 0 Å². The molecule has 5 nitrogen and oxygen atoms in total. The first kappa shape index (κ1) is 12.7. The number of nitrogens with one attached hydrogen (secondary N) is 2. The zero-order chi connectivity index (χ0) is 13.3. The van der Waals surface area contributed by atoms with E-state index in [0.29, 0.717) is 11.1 Å². The van der Waals surface area contributed by atoms with E-state index in [0.717, 1.165) is 17.9 Å². The predicted octanol–water partition coefficient (Wildman–Crippen LogP) is 3.39. The van der Waals surface area contributed by atoms with Crippen LogP contribution in [0.25, 0.3) is 11.2 Å². The van der Waals surface area contributed by atoms with Crippen molar-refractivity contribution < 1.29 is 0 Å². The molecule has 0 saturated heterocycles. The van der Waals surface area contributed by atoms with Gasteiger partial charge in [-0.1, -0.05) is 26.2 Å². The molecule has 0 spiro atoms. The molecule has 1 aliphatic carbocycles. The zero-order valence-electron chi connectivity index (χ0n) is 11.0. The molecule has 1 aliphatic rings. The quantitative estimate of drug-likeness (QED) is 0.845. The lowest BCUT2D eigenvalue weighted by Gasteiger charge is -2.33. The summed E-state index contributed by atoms with van der Waals surface area (Å²) in [6, 6.07) is 0. The first-order valence-corrected chi connectivity index (χ1v) is 7.15. The number of fused-ring (bicyclic) bond motifs is 1. The molecule has 0 aliphatic heterocycles. The lowest BCUT2D eigenvalue weighted by Crippen LogP contribution is -2.29. The van der Waals surface area contributed by atoms with Gasteiger partial charge in [-0.2, -0.15) is 9.97 Å². The topological polar surface area (TPSA) is 66.5 Å². The number of H-pyrrole nitrogens is 1. The Morgan fingerprint density at radius 1 is 1.32 bits per heavy atom. The van der Waals surface area contributed by atoms with E-state index in [2.05, 4.69) is 32.2 Å². The van der Waals surface area contributed by atoms with Crippen molar-refractivity contribution in [2.75, 3.05) is 11.9 Å². The second-order valence-corrected chi connectivity index (χ2v) is 6.01. The monoisotopic (exact) mass is 279 g/mol. The fourth-order valence-corrected chi connectivity index (χ4v) is 2.98. The number of halogens is 1. The third-order valence-electron chi connectivity index (χ3n) is 4.00. The van der Waals surface area contributed by atoms with Gasteiger partial charge in [0.25, 0.3) is 0 Å². The van der Waals surface area contributed by atoms with Crippen LogP contribution >= 0.6 is 11.6 Å². The van der Waals surface area contributed by atoms with Gasteiger partial charge < -0.3 is 10.3 Å². The summed E-state index contributed by atoms with van der Waals surface area (Å²) in [4.78, 5) is 15.5. The van der Waals surface area contributed by atoms with Gasteiger partial charge in [0.2, 0.25) is 5.28 Å². The Kier molecular flexibility index (Phi) is 3.31. The maximum absolute atomic E-state index is 5.92. The molecular weight excluding hydrogens is 262 g/mol. The lowest BCUT2D eigenvalue weighted by molar-refractivity contribution is 0.233. The number of aromatic amines is 1. The van der Waals surface area contributed by atoms with Crippen molar-refractivity contribution in [1.82, 2.24) is 19.9 Å². The van der Waals surface area contributed by atoms with Gasteiger partial charge in [-0.25, -0.2) is 4.98 Å². The van der Waals surface area contributed by atoms with E-state index in [9.17, 15) is 0 Å². The van der Waals surface area contributed by atoms with E-state index < -0.39 is 0 Å². The molecule has 6 heteroatoms. The zero-order valence-corrected chi connectivity index (χ0v) is 11.8. The summed E-state index contributed by atoms with van der Waals surface area (Å²) in [6.07, 6.45) is 8.16. The van der Waals surface area contributed by atoms with Gasteiger partial charge in [-0.3, -0.25) is 0 Å². The van der Waals surface area contributed by atoms with E-state index in [1.54, 1.807) is 6.33 Å². The highest BCUT2D eigenvalue weighted by molar-refractivity contribution is 6.28. The van der Waals surface area contributed by atoms with Crippen LogP contribution in [-0.2, 0) is 0 Å². The summed E-state index contributed by atoms with van der Waals surface area (Å²) in [7, 11) is 0. The minimum absolute atomic E-state index is 0.232. The molecule has 2 heterocycles. The van der Waals surface area contributed by atoms with Gasteiger partial charge in [0.1, 0.15) is 5.52 Å². The Morgan fingerprint density at radius 2 is 2.11 bits per heavy atom. The number of rotatable bonds is 3. The highest BCUT2D eigenvalue weighted by Gasteiger charge is 2.26. The van der Waals surface area contributed by atoms with Gasteiger partial charge in [0, 0.05) is 6.54 Å². The molecule has 102 valence electrons. The van der Waals surface area contributed by atoms with Crippen LogP contribution in [0.5, 0.6) is 0 Å². The maximum Gasteiger partial charge on any atom is 0.226 e. The third-order valence-corrected chi connectivity index (χ3v) is 4.17. The van der Waals surface area contributed by atoms with Crippen molar-refractivity contribution in [3.8, 4) is 0 Å². The van der Waals surface area contributed by atoms with Crippen LogP contribution in [0.1, 0.15) is 39.0 Å². The smallest absolute Gasteiger partial charge is 0.226 e. The van der Waals surface area contributed by atoms with E-state index in [4.69, 9.17) is 11.6 Å². The van der Waals surface area contributed by atoms with Crippen molar-refractivity contribution in [2.24, 2.45) is 5.41 Å². The molecule has 0 unspecified atom stereocenters. The largest absolute Gasteiger partial charge is 0.368 e. The van der Waals surface area contributed by atoms with Crippen LogP contribution in [0.2, 0.25) is 5.28 Å². The van der Waals surface area contributed by atoms with Gasteiger partial charge in [0.05, 0.1) is 6.33 Å². The Balaban J connectivity index is 1.79. The third kappa shape index (κ3) is 2.66. The molecule has 2 aromatic heterocycles. The molecule has 0 aromatic carbocycles. The predicted molar refractivity (Wildman–Crippen MR) is 76.4 cm³/mol. The molecule has 1 fully saturated rings. The second-order valence-electron chi connectivity index (χ2n) is 5.67. The van der Waals surface area contributed by atoms with Crippen LogP contribution in [0, 0.1) is 5.41 Å². The summed E-state index contributed by atoms with van der Waals surface area (Å²) in [5.41, 5.74) is 1.78. The van der Waals surface area contributed by atoms with Gasteiger partial charge in [-0.15, -0.1) is 0 Å². The van der Waals surface area contributed by atoms with E-state index in [-0.39, 0.29) is 5.28 Å².